The average Bonchev–Trinajstić information content (AvgIpc) is 2.56. The fourth-order valence-electron chi connectivity index (χ4n) is 2.46. The highest BCUT2D eigenvalue weighted by Gasteiger charge is 2.18. The number of methoxy groups -OCH3 is 1. The zero-order valence-electron chi connectivity index (χ0n) is 12.1. The molecule has 21 heavy (non-hydrogen) atoms. The van der Waals surface area contributed by atoms with Gasteiger partial charge in [-0.15, -0.1) is 0 Å². The predicted octanol–water partition coefficient (Wildman–Crippen LogP) is 0.606. The van der Waals surface area contributed by atoms with Gasteiger partial charge in [-0.05, 0) is 12.1 Å². The SMILES string of the molecule is [B]c1ccc(N2CCN(c3ccc(OC)nc3)CC2)nc1. The minimum atomic E-state index is 0.642. The second-order valence-corrected chi connectivity index (χ2v) is 4.98. The molecule has 2 aromatic heterocycles. The van der Waals surface area contributed by atoms with Crippen molar-refractivity contribution in [2.45, 2.75) is 0 Å². The molecule has 1 aliphatic heterocycles. The molecule has 1 saturated heterocycles. The first kappa shape index (κ1) is 13.7. The molecule has 1 fully saturated rings. The smallest absolute Gasteiger partial charge is 0.213 e. The first-order chi connectivity index (χ1) is 10.3. The van der Waals surface area contributed by atoms with Crippen LogP contribution in [0.1, 0.15) is 0 Å². The summed E-state index contributed by atoms with van der Waals surface area (Å²) in [5, 5.41) is 0. The lowest BCUT2D eigenvalue weighted by Crippen LogP contribution is -2.46. The van der Waals surface area contributed by atoms with Crippen molar-refractivity contribution in [3.63, 3.8) is 0 Å². The standard InChI is InChI=1S/C15H17BN4O/c1-21-15-5-3-13(11-18-15)19-6-8-20(9-7-19)14-4-2-12(16)10-17-14/h2-5,10-11H,6-9H2,1H3. The molecule has 0 atom stereocenters. The molecule has 0 N–H and O–H groups in total. The molecule has 5 nitrogen and oxygen atoms in total. The highest BCUT2D eigenvalue weighted by Crippen LogP contribution is 2.19. The van der Waals surface area contributed by atoms with Gasteiger partial charge in [-0.25, -0.2) is 9.97 Å². The lowest BCUT2D eigenvalue weighted by atomic mass is 9.99. The molecule has 6 heteroatoms. The molecule has 2 aromatic rings. The van der Waals surface area contributed by atoms with Gasteiger partial charge in [0.25, 0.3) is 0 Å². The second kappa shape index (κ2) is 6.03. The van der Waals surface area contributed by atoms with E-state index < -0.39 is 0 Å². The van der Waals surface area contributed by atoms with Gasteiger partial charge in [0.05, 0.1) is 19.0 Å². The normalized spacial score (nSPS) is 15.1. The highest BCUT2D eigenvalue weighted by molar-refractivity contribution is 6.32. The number of hydrogen-bond donors (Lipinski definition) is 0. The number of anilines is 2. The minimum Gasteiger partial charge on any atom is -0.481 e. The fraction of sp³-hybridized carbons (Fsp3) is 0.333. The van der Waals surface area contributed by atoms with Crippen LogP contribution >= 0.6 is 0 Å². The van der Waals surface area contributed by atoms with E-state index in [-0.39, 0.29) is 0 Å². The third-order valence-electron chi connectivity index (χ3n) is 3.67. The Kier molecular flexibility index (Phi) is 3.95. The molecule has 0 aliphatic carbocycles. The summed E-state index contributed by atoms with van der Waals surface area (Å²) < 4.78 is 5.08. The summed E-state index contributed by atoms with van der Waals surface area (Å²) in [5.41, 5.74) is 1.82. The van der Waals surface area contributed by atoms with E-state index >= 15 is 0 Å². The monoisotopic (exact) mass is 280 g/mol. The van der Waals surface area contributed by atoms with E-state index in [4.69, 9.17) is 12.6 Å². The first-order valence-electron chi connectivity index (χ1n) is 6.98. The van der Waals surface area contributed by atoms with Crippen LogP contribution in [-0.2, 0) is 0 Å². The molecule has 0 bridgehead atoms. The van der Waals surface area contributed by atoms with Crippen LogP contribution in [0.3, 0.4) is 0 Å². The Balaban J connectivity index is 1.62. The van der Waals surface area contributed by atoms with Crippen LogP contribution in [0, 0.1) is 0 Å². The van der Waals surface area contributed by atoms with Crippen molar-refractivity contribution in [1.82, 2.24) is 9.97 Å². The molecule has 0 unspecified atom stereocenters. The molecular weight excluding hydrogens is 263 g/mol. The van der Waals surface area contributed by atoms with Gasteiger partial charge in [0, 0.05) is 38.4 Å². The molecule has 1 aliphatic rings. The Morgan fingerprint density at radius 1 is 0.952 bits per heavy atom. The molecule has 2 radical (unpaired) electrons. The largest absolute Gasteiger partial charge is 0.481 e. The Morgan fingerprint density at radius 3 is 2.29 bits per heavy atom. The molecule has 106 valence electrons. The van der Waals surface area contributed by atoms with Crippen LogP contribution in [0.5, 0.6) is 5.88 Å². The summed E-state index contributed by atoms with van der Waals surface area (Å²) in [5.74, 6) is 1.63. The number of nitrogens with zero attached hydrogens (tertiary/aromatic N) is 4. The zero-order valence-corrected chi connectivity index (χ0v) is 12.1. The van der Waals surface area contributed by atoms with Crippen LogP contribution in [0.15, 0.2) is 36.7 Å². The molecule has 0 amide bonds. The number of hydrogen-bond acceptors (Lipinski definition) is 5. The minimum absolute atomic E-state index is 0.642. The van der Waals surface area contributed by atoms with E-state index in [1.165, 1.54) is 0 Å². The molecule has 0 saturated carbocycles. The zero-order chi connectivity index (χ0) is 14.7. The predicted molar refractivity (Wildman–Crippen MR) is 84.8 cm³/mol. The molecule has 0 aromatic carbocycles. The van der Waals surface area contributed by atoms with Gasteiger partial charge < -0.3 is 14.5 Å². The van der Waals surface area contributed by atoms with Gasteiger partial charge in [0.1, 0.15) is 13.7 Å². The lowest BCUT2D eigenvalue weighted by Gasteiger charge is -2.36. The maximum absolute atomic E-state index is 5.67. The van der Waals surface area contributed by atoms with Crippen LogP contribution in [-0.4, -0.2) is 51.1 Å². The van der Waals surface area contributed by atoms with Crippen molar-refractivity contribution in [3.8, 4) is 5.88 Å². The Labute approximate surface area is 126 Å². The van der Waals surface area contributed by atoms with Gasteiger partial charge in [0.2, 0.25) is 5.88 Å². The number of piperazine rings is 1. The van der Waals surface area contributed by atoms with Gasteiger partial charge in [-0.2, -0.15) is 0 Å². The first-order valence-corrected chi connectivity index (χ1v) is 6.98. The van der Waals surface area contributed by atoms with E-state index in [1.807, 2.05) is 30.5 Å². The van der Waals surface area contributed by atoms with Crippen molar-refractivity contribution >= 4 is 24.8 Å². The van der Waals surface area contributed by atoms with Crippen LogP contribution in [0.4, 0.5) is 11.5 Å². The van der Waals surface area contributed by atoms with Gasteiger partial charge >= 0.3 is 0 Å². The summed E-state index contributed by atoms with van der Waals surface area (Å²) in [6.07, 6.45) is 3.56. The number of rotatable bonds is 3. The Morgan fingerprint density at radius 2 is 1.71 bits per heavy atom. The highest BCUT2D eigenvalue weighted by atomic mass is 16.5. The van der Waals surface area contributed by atoms with Crippen LogP contribution < -0.4 is 20.0 Å². The van der Waals surface area contributed by atoms with E-state index in [1.54, 1.807) is 13.3 Å². The number of pyridine rings is 2. The lowest BCUT2D eigenvalue weighted by molar-refractivity contribution is 0.398. The summed E-state index contributed by atoms with van der Waals surface area (Å²) in [4.78, 5) is 13.2. The number of aromatic nitrogens is 2. The van der Waals surface area contributed by atoms with Crippen molar-refractivity contribution < 1.29 is 4.74 Å². The van der Waals surface area contributed by atoms with E-state index in [0.29, 0.717) is 11.3 Å². The van der Waals surface area contributed by atoms with E-state index in [9.17, 15) is 0 Å². The quantitative estimate of drug-likeness (QED) is 0.770. The maximum atomic E-state index is 5.67. The maximum Gasteiger partial charge on any atom is 0.213 e. The van der Waals surface area contributed by atoms with Gasteiger partial charge in [0.15, 0.2) is 0 Å². The third-order valence-corrected chi connectivity index (χ3v) is 3.67. The van der Waals surface area contributed by atoms with Gasteiger partial charge in [-0.3, -0.25) is 0 Å². The number of ether oxygens (including phenoxy) is 1. The van der Waals surface area contributed by atoms with Crippen molar-refractivity contribution in [3.05, 3.63) is 36.7 Å². The molecule has 3 heterocycles. The van der Waals surface area contributed by atoms with Crippen molar-refractivity contribution in [2.24, 2.45) is 0 Å². The fourth-order valence-corrected chi connectivity index (χ4v) is 2.46. The Hall–Kier alpha value is -2.24. The third kappa shape index (κ3) is 3.10. The molecular formula is C15H17BN4O. The van der Waals surface area contributed by atoms with Gasteiger partial charge in [-0.1, -0.05) is 11.5 Å². The summed E-state index contributed by atoms with van der Waals surface area (Å²) in [6, 6.07) is 7.80. The summed E-state index contributed by atoms with van der Waals surface area (Å²) >= 11 is 0. The molecule has 0 spiro atoms. The van der Waals surface area contributed by atoms with Crippen LogP contribution in [0.25, 0.3) is 0 Å². The summed E-state index contributed by atoms with van der Waals surface area (Å²) in [7, 11) is 7.30. The average molecular weight is 280 g/mol. The summed E-state index contributed by atoms with van der Waals surface area (Å²) in [6.45, 7) is 3.76. The van der Waals surface area contributed by atoms with Crippen LogP contribution in [0.2, 0.25) is 0 Å². The topological polar surface area (TPSA) is 41.5 Å². The Bertz CT molecular complexity index is 580. The second-order valence-electron chi connectivity index (χ2n) is 4.98. The molecule has 3 rings (SSSR count). The van der Waals surface area contributed by atoms with Crippen molar-refractivity contribution in [2.75, 3.05) is 43.1 Å². The van der Waals surface area contributed by atoms with E-state index in [2.05, 4.69) is 19.8 Å². The van der Waals surface area contributed by atoms with Crippen molar-refractivity contribution in [1.29, 1.82) is 0 Å². The van der Waals surface area contributed by atoms with E-state index in [0.717, 1.165) is 37.7 Å².